The molecule has 1 saturated heterocycles. The van der Waals surface area contributed by atoms with E-state index in [0.717, 1.165) is 30.0 Å². The van der Waals surface area contributed by atoms with E-state index in [1.165, 1.54) is 57.4 Å². The Kier molecular flexibility index (Phi) is 4.45. The smallest absolute Gasteiger partial charge is 0.231 e. The molecular formula is C19H30N2O2+2. The topological polar surface area (TPSA) is 27.3 Å². The Morgan fingerprint density at radius 3 is 2.70 bits per heavy atom. The third kappa shape index (κ3) is 3.48. The Morgan fingerprint density at radius 2 is 1.87 bits per heavy atom. The summed E-state index contributed by atoms with van der Waals surface area (Å²) in [5.41, 5.74) is 1.37. The second kappa shape index (κ2) is 6.70. The molecule has 0 unspecified atom stereocenters. The van der Waals surface area contributed by atoms with Gasteiger partial charge in [-0.15, -0.1) is 0 Å². The summed E-state index contributed by atoms with van der Waals surface area (Å²) in [6.45, 7) is 9.21. The van der Waals surface area contributed by atoms with E-state index in [9.17, 15) is 0 Å². The van der Waals surface area contributed by atoms with Crippen molar-refractivity contribution < 1.29 is 19.3 Å². The van der Waals surface area contributed by atoms with Crippen molar-refractivity contribution in [3.8, 4) is 11.5 Å². The maximum Gasteiger partial charge on any atom is 0.231 e. The highest BCUT2D eigenvalue weighted by molar-refractivity contribution is 5.44. The SMILES string of the molecule is C[C@@H]1CCC[C@@H]([NH+]2CC[NH+](Cc3ccc4c(c3)OCO4)CC2)C1. The molecule has 0 bridgehead atoms. The maximum atomic E-state index is 5.50. The summed E-state index contributed by atoms with van der Waals surface area (Å²) in [5, 5.41) is 0. The largest absolute Gasteiger partial charge is 0.454 e. The Hall–Kier alpha value is -1.26. The van der Waals surface area contributed by atoms with Crippen molar-refractivity contribution in [3.63, 3.8) is 0 Å². The van der Waals surface area contributed by atoms with Crippen LogP contribution in [-0.2, 0) is 6.54 Å². The molecule has 1 aliphatic carbocycles. The summed E-state index contributed by atoms with van der Waals surface area (Å²) in [5.74, 6) is 2.76. The average Bonchev–Trinajstić information content (AvgIpc) is 3.03. The number of hydrogen-bond donors (Lipinski definition) is 2. The molecule has 0 amide bonds. The highest BCUT2D eigenvalue weighted by Crippen LogP contribution is 2.32. The van der Waals surface area contributed by atoms with E-state index in [-0.39, 0.29) is 0 Å². The minimum Gasteiger partial charge on any atom is -0.454 e. The Balaban J connectivity index is 1.30. The van der Waals surface area contributed by atoms with Crippen LogP contribution in [0.2, 0.25) is 0 Å². The number of ether oxygens (including phenoxy) is 2. The van der Waals surface area contributed by atoms with Crippen LogP contribution in [0.4, 0.5) is 0 Å². The van der Waals surface area contributed by atoms with Crippen LogP contribution in [0.1, 0.15) is 38.2 Å². The lowest BCUT2D eigenvalue weighted by Gasteiger charge is -2.37. The molecule has 4 heteroatoms. The van der Waals surface area contributed by atoms with E-state index in [0.29, 0.717) is 6.79 Å². The molecule has 4 rings (SSSR count). The minimum absolute atomic E-state index is 0.369. The van der Waals surface area contributed by atoms with Crippen molar-refractivity contribution in [1.29, 1.82) is 0 Å². The number of piperazine rings is 1. The molecule has 2 N–H and O–H groups in total. The monoisotopic (exact) mass is 318 g/mol. The van der Waals surface area contributed by atoms with Crippen molar-refractivity contribution in [1.82, 2.24) is 0 Å². The summed E-state index contributed by atoms with van der Waals surface area (Å²) in [6, 6.07) is 7.35. The zero-order valence-corrected chi connectivity index (χ0v) is 14.3. The molecule has 0 aromatic heterocycles. The first-order chi connectivity index (χ1) is 11.3. The highest BCUT2D eigenvalue weighted by atomic mass is 16.7. The van der Waals surface area contributed by atoms with Crippen LogP contribution in [0.15, 0.2) is 18.2 Å². The summed E-state index contributed by atoms with van der Waals surface area (Å²) in [4.78, 5) is 3.60. The molecule has 126 valence electrons. The Morgan fingerprint density at radius 1 is 1.04 bits per heavy atom. The summed E-state index contributed by atoms with van der Waals surface area (Å²) >= 11 is 0. The molecule has 0 spiro atoms. The van der Waals surface area contributed by atoms with Gasteiger partial charge in [-0.25, -0.2) is 0 Å². The molecule has 4 nitrogen and oxygen atoms in total. The van der Waals surface area contributed by atoms with Gasteiger partial charge in [0.2, 0.25) is 6.79 Å². The van der Waals surface area contributed by atoms with Crippen LogP contribution in [0.3, 0.4) is 0 Å². The van der Waals surface area contributed by atoms with E-state index in [2.05, 4.69) is 25.1 Å². The van der Waals surface area contributed by atoms with Crippen LogP contribution in [-0.4, -0.2) is 39.0 Å². The van der Waals surface area contributed by atoms with E-state index in [1.807, 2.05) is 4.90 Å². The zero-order valence-electron chi connectivity index (χ0n) is 14.3. The first-order valence-electron chi connectivity index (χ1n) is 9.34. The van der Waals surface area contributed by atoms with Crippen molar-refractivity contribution in [2.24, 2.45) is 5.92 Å². The molecule has 0 radical (unpaired) electrons. The van der Waals surface area contributed by atoms with Gasteiger partial charge in [-0.3, -0.25) is 0 Å². The third-order valence-electron chi connectivity index (χ3n) is 6.00. The van der Waals surface area contributed by atoms with Gasteiger partial charge in [0.05, 0.1) is 6.04 Å². The predicted molar refractivity (Wildman–Crippen MR) is 89.1 cm³/mol. The summed E-state index contributed by atoms with van der Waals surface area (Å²) < 4.78 is 10.9. The van der Waals surface area contributed by atoms with Gasteiger partial charge in [-0.2, -0.15) is 0 Å². The van der Waals surface area contributed by atoms with Crippen LogP contribution >= 0.6 is 0 Å². The van der Waals surface area contributed by atoms with Gasteiger partial charge in [-0.05, 0) is 37.0 Å². The number of benzene rings is 1. The molecule has 1 aromatic rings. The van der Waals surface area contributed by atoms with Crippen LogP contribution in [0, 0.1) is 5.92 Å². The standard InChI is InChI=1S/C19H28N2O2/c1-15-3-2-4-17(11-15)21-9-7-20(8-10-21)13-16-5-6-18-19(12-16)23-14-22-18/h5-6,12,15,17H,2-4,7-11,13-14H2,1H3/p+2/t15-,17-/m1/s1. The lowest BCUT2D eigenvalue weighted by atomic mass is 9.86. The van der Waals surface area contributed by atoms with Gasteiger partial charge >= 0.3 is 0 Å². The fourth-order valence-corrected chi connectivity index (χ4v) is 4.65. The first kappa shape index (κ1) is 15.3. The van der Waals surface area contributed by atoms with Crippen LogP contribution in [0.5, 0.6) is 11.5 Å². The minimum atomic E-state index is 0.369. The molecular weight excluding hydrogens is 288 g/mol. The van der Waals surface area contributed by atoms with Crippen LogP contribution in [0.25, 0.3) is 0 Å². The van der Waals surface area contributed by atoms with Gasteiger partial charge < -0.3 is 19.3 Å². The maximum absolute atomic E-state index is 5.50. The second-order valence-corrected chi connectivity index (χ2v) is 7.74. The normalized spacial score (nSPS) is 33.6. The van der Waals surface area contributed by atoms with Crippen molar-refractivity contribution in [2.45, 2.75) is 45.2 Å². The van der Waals surface area contributed by atoms with Gasteiger partial charge in [0, 0.05) is 12.0 Å². The molecule has 1 aromatic carbocycles. The molecule has 2 aliphatic heterocycles. The molecule has 3 aliphatic rings. The summed E-state index contributed by atoms with van der Waals surface area (Å²) in [7, 11) is 0. The van der Waals surface area contributed by atoms with Crippen molar-refractivity contribution >= 4 is 0 Å². The van der Waals surface area contributed by atoms with E-state index < -0.39 is 0 Å². The first-order valence-corrected chi connectivity index (χ1v) is 9.34. The number of quaternary nitrogens is 2. The Bertz CT molecular complexity index is 540. The molecule has 2 atom stereocenters. The lowest BCUT2D eigenvalue weighted by molar-refractivity contribution is -1.03. The van der Waals surface area contributed by atoms with E-state index in [1.54, 1.807) is 4.90 Å². The third-order valence-corrected chi connectivity index (χ3v) is 6.00. The molecule has 1 saturated carbocycles. The van der Waals surface area contributed by atoms with Gasteiger partial charge in [-0.1, -0.05) is 13.3 Å². The lowest BCUT2D eigenvalue weighted by Crippen LogP contribution is -3.29. The van der Waals surface area contributed by atoms with Crippen LogP contribution < -0.4 is 19.3 Å². The number of hydrogen-bond acceptors (Lipinski definition) is 2. The highest BCUT2D eigenvalue weighted by Gasteiger charge is 2.32. The quantitative estimate of drug-likeness (QED) is 0.838. The van der Waals surface area contributed by atoms with Gasteiger partial charge in [0.15, 0.2) is 11.5 Å². The molecule has 23 heavy (non-hydrogen) atoms. The summed E-state index contributed by atoms with van der Waals surface area (Å²) in [6.07, 6.45) is 5.80. The number of fused-ring (bicyclic) bond motifs is 1. The van der Waals surface area contributed by atoms with Crippen molar-refractivity contribution in [3.05, 3.63) is 23.8 Å². The molecule has 2 heterocycles. The number of rotatable bonds is 3. The van der Waals surface area contributed by atoms with Gasteiger partial charge in [0.1, 0.15) is 32.7 Å². The van der Waals surface area contributed by atoms with Crippen molar-refractivity contribution in [2.75, 3.05) is 33.0 Å². The zero-order chi connectivity index (χ0) is 15.6. The predicted octanol–water partition coefficient (Wildman–Crippen LogP) is 0.277. The van der Waals surface area contributed by atoms with E-state index >= 15 is 0 Å². The van der Waals surface area contributed by atoms with E-state index in [4.69, 9.17) is 9.47 Å². The number of nitrogens with one attached hydrogen (secondary N) is 2. The fourth-order valence-electron chi connectivity index (χ4n) is 4.65. The average molecular weight is 318 g/mol. The fraction of sp³-hybridized carbons (Fsp3) is 0.684. The molecule has 2 fully saturated rings. The second-order valence-electron chi connectivity index (χ2n) is 7.74. The van der Waals surface area contributed by atoms with Gasteiger partial charge in [0.25, 0.3) is 0 Å². The Labute approximate surface area is 139 Å².